The van der Waals surface area contributed by atoms with Gasteiger partial charge in [-0.25, -0.2) is 4.79 Å². The largest absolute Gasteiger partial charge is 0.373 e. The first kappa shape index (κ1) is 21.3. The Labute approximate surface area is 172 Å². The molecule has 0 radical (unpaired) electrons. The third-order valence-corrected chi connectivity index (χ3v) is 4.99. The third-order valence-electron chi connectivity index (χ3n) is 4.99. The Hall–Kier alpha value is -2.45. The number of para-hydroxylation sites is 1. The fraction of sp³-hybridized carbons (Fsp3) is 0.571. The highest BCUT2D eigenvalue weighted by Gasteiger charge is 2.22. The average Bonchev–Trinajstić information content (AvgIpc) is 3.11. The van der Waals surface area contributed by atoms with E-state index in [4.69, 9.17) is 4.74 Å². The van der Waals surface area contributed by atoms with Crippen LogP contribution >= 0.6 is 0 Å². The summed E-state index contributed by atoms with van der Waals surface area (Å²) in [5.41, 5.74) is 1.94. The van der Waals surface area contributed by atoms with Gasteiger partial charge in [0.25, 0.3) is 0 Å². The predicted octanol–water partition coefficient (Wildman–Crippen LogP) is 2.83. The molecule has 1 aromatic heterocycles. The van der Waals surface area contributed by atoms with Gasteiger partial charge in [0.2, 0.25) is 0 Å². The molecule has 0 saturated carbocycles. The second-order valence-corrected chi connectivity index (χ2v) is 7.99. The number of urea groups is 1. The Morgan fingerprint density at radius 3 is 2.69 bits per heavy atom. The van der Waals surface area contributed by atoms with Gasteiger partial charge < -0.3 is 19.9 Å². The number of carbonyl (C=O) groups excluding carboxylic acids is 1. The number of carbonyl (C=O) groups is 1. The van der Waals surface area contributed by atoms with Crippen molar-refractivity contribution in [2.75, 3.05) is 25.0 Å². The lowest BCUT2D eigenvalue weighted by atomic mass is 10.1. The topological polar surface area (TPSA) is 84.3 Å². The maximum absolute atomic E-state index is 12.4. The summed E-state index contributed by atoms with van der Waals surface area (Å²) in [6.07, 6.45) is 2.80. The van der Waals surface area contributed by atoms with E-state index >= 15 is 0 Å². The average molecular weight is 401 g/mol. The van der Waals surface area contributed by atoms with E-state index in [0.29, 0.717) is 19.0 Å². The molecule has 3 rings (SSSR count). The van der Waals surface area contributed by atoms with Crippen LogP contribution in [-0.2, 0) is 17.7 Å². The van der Waals surface area contributed by atoms with E-state index in [2.05, 4.69) is 59.5 Å². The molecule has 0 unspecified atom stereocenters. The fourth-order valence-electron chi connectivity index (χ4n) is 3.77. The molecule has 8 nitrogen and oxygen atoms in total. The molecule has 2 heterocycles. The monoisotopic (exact) mass is 400 g/mol. The molecular weight excluding hydrogens is 368 g/mol. The van der Waals surface area contributed by atoms with Crippen LogP contribution in [0.15, 0.2) is 30.6 Å². The number of nitrogens with one attached hydrogen (secondary N) is 2. The number of amides is 2. The van der Waals surface area contributed by atoms with Crippen LogP contribution in [0.3, 0.4) is 0 Å². The first-order valence-electron chi connectivity index (χ1n) is 10.3. The van der Waals surface area contributed by atoms with Crippen LogP contribution < -0.4 is 10.6 Å². The van der Waals surface area contributed by atoms with Gasteiger partial charge in [-0.2, -0.15) is 0 Å². The van der Waals surface area contributed by atoms with Crippen molar-refractivity contribution >= 4 is 11.7 Å². The van der Waals surface area contributed by atoms with E-state index in [-0.39, 0.29) is 18.2 Å². The number of nitrogens with zero attached hydrogens (tertiary/aromatic N) is 4. The van der Waals surface area contributed by atoms with Crippen LogP contribution in [0.2, 0.25) is 0 Å². The van der Waals surface area contributed by atoms with Crippen molar-refractivity contribution in [2.45, 2.75) is 58.9 Å². The SMILES string of the molecule is CC(C)n1cnnc1CCNC(=O)Nc1ccccc1CN1C[C@H](C)O[C@@H](C)C1. The number of benzene rings is 1. The summed E-state index contributed by atoms with van der Waals surface area (Å²) in [5, 5.41) is 14.0. The van der Waals surface area contributed by atoms with Crippen molar-refractivity contribution in [2.24, 2.45) is 0 Å². The molecule has 1 aliphatic rings. The van der Waals surface area contributed by atoms with Gasteiger partial charge in [0.15, 0.2) is 0 Å². The highest BCUT2D eigenvalue weighted by Crippen LogP contribution is 2.20. The molecule has 1 aliphatic heterocycles. The molecule has 1 saturated heterocycles. The van der Waals surface area contributed by atoms with Crippen LogP contribution in [0.5, 0.6) is 0 Å². The van der Waals surface area contributed by atoms with E-state index in [1.54, 1.807) is 6.33 Å². The summed E-state index contributed by atoms with van der Waals surface area (Å²) < 4.78 is 7.83. The molecule has 1 aromatic carbocycles. The van der Waals surface area contributed by atoms with Gasteiger partial charge in [-0.3, -0.25) is 4.90 Å². The van der Waals surface area contributed by atoms with E-state index in [1.807, 2.05) is 22.8 Å². The highest BCUT2D eigenvalue weighted by atomic mass is 16.5. The number of hydrogen-bond donors (Lipinski definition) is 2. The Bertz CT molecular complexity index is 796. The predicted molar refractivity (Wildman–Crippen MR) is 113 cm³/mol. The summed E-state index contributed by atoms with van der Waals surface area (Å²) in [6.45, 7) is 11.4. The second-order valence-electron chi connectivity index (χ2n) is 7.99. The zero-order valence-corrected chi connectivity index (χ0v) is 17.8. The summed E-state index contributed by atoms with van der Waals surface area (Å²) in [4.78, 5) is 14.8. The van der Waals surface area contributed by atoms with Crippen molar-refractivity contribution in [1.82, 2.24) is 25.0 Å². The fourth-order valence-corrected chi connectivity index (χ4v) is 3.77. The molecule has 2 amide bonds. The third kappa shape index (κ3) is 6.01. The van der Waals surface area contributed by atoms with Gasteiger partial charge >= 0.3 is 6.03 Å². The Balaban J connectivity index is 1.53. The van der Waals surface area contributed by atoms with E-state index in [1.165, 1.54) is 0 Å². The summed E-state index contributed by atoms with van der Waals surface area (Å²) in [6, 6.07) is 8.03. The van der Waals surface area contributed by atoms with E-state index in [0.717, 1.165) is 36.7 Å². The summed E-state index contributed by atoms with van der Waals surface area (Å²) >= 11 is 0. The van der Waals surface area contributed by atoms with E-state index < -0.39 is 0 Å². The van der Waals surface area contributed by atoms with Crippen molar-refractivity contribution in [1.29, 1.82) is 0 Å². The first-order valence-corrected chi connectivity index (χ1v) is 10.3. The molecular formula is C21H32N6O2. The van der Waals surface area contributed by atoms with Crippen LogP contribution in [0.1, 0.15) is 45.1 Å². The maximum Gasteiger partial charge on any atom is 0.319 e. The van der Waals surface area contributed by atoms with Gasteiger partial charge in [0, 0.05) is 44.3 Å². The van der Waals surface area contributed by atoms with Gasteiger partial charge in [-0.15, -0.1) is 10.2 Å². The van der Waals surface area contributed by atoms with Crippen molar-refractivity contribution in [3.63, 3.8) is 0 Å². The molecule has 2 atom stereocenters. The summed E-state index contributed by atoms with van der Waals surface area (Å²) in [7, 11) is 0. The zero-order chi connectivity index (χ0) is 20.8. The summed E-state index contributed by atoms with van der Waals surface area (Å²) in [5.74, 6) is 0.872. The van der Waals surface area contributed by atoms with Gasteiger partial charge in [-0.1, -0.05) is 18.2 Å². The molecule has 0 spiro atoms. The number of anilines is 1. The Morgan fingerprint density at radius 1 is 1.24 bits per heavy atom. The number of ether oxygens (including phenoxy) is 1. The van der Waals surface area contributed by atoms with Crippen molar-refractivity contribution < 1.29 is 9.53 Å². The van der Waals surface area contributed by atoms with Gasteiger partial charge in [0.05, 0.1) is 12.2 Å². The smallest absolute Gasteiger partial charge is 0.319 e. The van der Waals surface area contributed by atoms with E-state index in [9.17, 15) is 4.79 Å². The quantitative estimate of drug-likeness (QED) is 0.747. The minimum absolute atomic E-state index is 0.211. The lowest BCUT2D eigenvalue weighted by Crippen LogP contribution is -2.45. The van der Waals surface area contributed by atoms with Crippen LogP contribution in [0.4, 0.5) is 10.5 Å². The molecule has 2 N–H and O–H groups in total. The number of morpholine rings is 1. The number of hydrogen-bond acceptors (Lipinski definition) is 5. The first-order chi connectivity index (χ1) is 13.9. The lowest BCUT2D eigenvalue weighted by Gasteiger charge is -2.35. The second kappa shape index (κ2) is 9.84. The Morgan fingerprint density at radius 2 is 1.97 bits per heavy atom. The van der Waals surface area contributed by atoms with Crippen LogP contribution in [-0.4, -0.2) is 57.5 Å². The number of aromatic nitrogens is 3. The molecule has 1 fully saturated rings. The normalized spacial score (nSPS) is 20.0. The standard InChI is InChI=1S/C21H32N6O2/c1-15(2)27-14-23-25-20(27)9-10-22-21(28)24-19-8-6-5-7-18(19)13-26-11-16(3)29-17(4)12-26/h5-8,14-17H,9-13H2,1-4H3,(H2,22,24,28)/t16-,17-/m0/s1. The number of rotatable bonds is 7. The molecule has 0 bridgehead atoms. The maximum atomic E-state index is 12.4. The molecule has 0 aliphatic carbocycles. The van der Waals surface area contributed by atoms with Crippen molar-refractivity contribution in [3.05, 3.63) is 42.0 Å². The minimum Gasteiger partial charge on any atom is -0.373 e. The molecule has 158 valence electrons. The van der Waals surface area contributed by atoms with Gasteiger partial charge in [-0.05, 0) is 39.3 Å². The highest BCUT2D eigenvalue weighted by molar-refractivity contribution is 5.90. The van der Waals surface area contributed by atoms with Crippen LogP contribution in [0.25, 0.3) is 0 Å². The molecule has 8 heteroatoms. The molecule has 2 aromatic rings. The zero-order valence-electron chi connectivity index (χ0n) is 17.8. The van der Waals surface area contributed by atoms with Gasteiger partial charge in [0.1, 0.15) is 12.2 Å². The Kier molecular flexibility index (Phi) is 7.22. The molecule has 29 heavy (non-hydrogen) atoms. The van der Waals surface area contributed by atoms with Crippen LogP contribution in [0, 0.1) is 0 Å². The minimum atomic E-state index is -0.211. The lowest BCUT2D eigenvalue weighted by molar-refractivity contribution is -0.0704. The van der Waals surface area contributed by atoms with Crippen molar-refractivity contribution in [3.8, 4) is 0 Å².